The Morgan fingerprint density at radius 2 is 1.71 bits per heavy atom. The number of nitrogens with zero attached hydrogens (tertiary/aromatic N) is 3. The summed E-state index contributed by atoms with van der Waals surface area (Å²) in [6, 6.07) is 5.80. The summed E-state index contributed by atoms with van der Waals surface area (Å²) >= 11 is 0. The lowest BCUT2D eigenvalue weighted by Gasteiger charge is -2.35. The predicted octanol–water partition coefficient (Wildman–Crippen LogP) is 2.76. The van der Waals surface area contributed by atoms with E-state index >= 15 is 0 Å². The first kappa shape index (κ1) is 23.0. The van der Waals surface area contributed by atoms with Crippen LogP contribution >= 0.6 is 0 Å². The van der Waals surface area contributed by atoms with Crippen molar-refractivity contribution < 1.29 is 19.2 Å². The highest BCUT2D eigenvalue weighted by Gasteiger charge is 2.27. The summed E-state index contributed by atoms with van der Waals surface area (Å²) in [4.78, 5) is 28.8. The molecule has 1 aromatic heterocycles. The minimum Gasteiger partial charge on any atom is -0.481 e. The maximum atomic E-state index is 12.6. The van der Waals surface area contributed by atoms with Crippen molar-refractivity contribution in [3.05, 3.63) is 46.3 Å². The first-order valence-corrected chi connectivity index (χ1v) is 10.7. The van der Waals surface area contributed by atoms with Gasteiger partial charge in [0.25, 0.3) is 0 Å². The number of carbonyl (C=O) groups is 2. The number of nitrogens with one attached hydrogen (secondary N) is 1. The third kappa shape index (κ3) is 5.92. The SMILES string of the molecule is Cc1cccc(C)c1NC(=O)C[C@@H](CN1CCN(Cc2c(C)noc2C)CC1)C(=O)O. The van der Waals surface area contributed by atoms with Gasteiger partial charge in [-0.25, -0.2) is 0 Å². The number of anilines is 1. The monoisotopic (exact) mass is 428 g/mol. The van der Waals surface area contributed by atoms with Crippen molar-refractivity contribution >= 4 is 17.6 Å². The fourth-order valence-electron chi connectivity index (χ4n) is 4.05. The van der Waals surface area contributed by atoms with Crippen molar-refractivity contribution in [2.75, 3.05) is 38.0 Å². The normalized spacial score (nSPS) is 16.3. The molecule has 3 rings (SSSR count). The van der Waals surface area contributed by atoms with Crippen LogP contribution in [0, 0.1) is 33.6 Å². The number of hydrogen-bond donors (Lipinski definition) is 2. The van der Waals surface area contributed by atoms with Gasteiger partial charge >= 0.3 is 5.97 Å². The molecule has 1 saturated heterocycles. The second kappa shape index (κ2) is 10.1. The van der Waals surface area contributed by atoms with Gasteiger partial charge in [0, 0.05) is 56.9 Å². The first-order valence-electron chi connectivity index (χ1n) is 10.7. The highest BCUT2D eigenvalue weighted by Crippen LogP contribution is 2.21. The molecule has 8 heteroatoms. The van der Waals surface area contributed by atoms with Crippen molar-refractivity contribution in [3.8, 4) is 0 Å². The third-order valence-electron chi connectivity index (χ3n) is 6.03. The van der Waals surface area contributed by atoms with Crippen molar-refractivity contribution in [1.82, 2.24) is 15.0 Å². The van der Waals surface area contributed by atoms with Crippen LogP contribution in [0.1, 0.15) is 34.6 Å². The number of amides is 1. The fraction of sp³-hybridized carbons (Fsp3) is 0.522. The van der Waals surface area contributed by atoms with Crippen LogP contribution in [0.25, 0.3) is 0 Å². The van der Waals surface area contributed by atoms with Crippen molar-refractivity contribution in [1.29, 1.82) is 0 Å². The Morgan fingerprint density at radius 1 is 1.10 bits per heavy atom. The van der Waals surface area contributed by atoms with Crippen LogP contribution in [0.15, 0.2) is 22.7 Å². The molecule has 0 aliphatic carbocycles. The standard InChI is InChI=1S/C23H32N4O4/c1-15-6-5-7-16(2)22(15)24-21(28)12-19(23(29)30)13-26-8-10-27(11-9-26)14-20-17(3)25-31-18(20)4/h5-7,19H,8-14H2,1-4H3,(H,24,28)(H,29,30)/t19-/m0/s1. The highest BCUT2D eigenvalue weighted by atomic mass is 16.5. The fourth-order valence-corrected chi connectivity index (χ4v) is 4.05. The maximum Gasteiger partial charge on any atom is 0.308 e. The number of piperazine rings is 1. The van der Waals surface area contributed by atoms with E-state index in [0.29, 0.717) is 6.54 Å². The van der Waals surface area contributed by atoms with Crippen LogP contribution in [-0.2, 0) is 16.1 Å². The number of carbonyl (C=O) groups excluding carboxylic acids is 1. The smallest absolute Gasteiger partial charge is 0.308 e. The average Bonchev–Trinajstić information content (AvgIpc) is 3.03. The molecule has 1 amide bonds. The summed E-state index contributed by atoms with van der Waals surface area (Å²) in [6.07, 6.45) is -0.0393. The summed E-state index contributed by atoms with van der Waals surface area (Å²) in [5.41, 5.74) is 4.75. The van der Waals surface area contributed by atoms with E-state index in [1.54, 1.807) is 0 Å². The Bertz CT molecular complexity index is 892. The zero-order chi connectivity index (χ0) is 22.5. The first-order chi connectivity index (χ1) is 14.7. The number of rotatable bonds is 8. The topological polar surface area (TPSA) is 98.9 Å². The Balaban J connectivity index is 1.51. The van der Waals surface area contributed by atoms with Gasteiger partial charge in [-0.15, -0.1) is 0 Å². The van der Waals surface area contributed by atoms with E-state index in [1.807, 2.05) is 45.9 Å². The molecule has 1 aliphatic rings. The summed E-state index contributed by atoms with van der Waals surface area (Å²) < 4.78 is 5.24. The Labute approximate surface area is 183 Å². The summed E-state index contributed by atoms with van der Waals surface area (Å²) in [5, 5.41) is 16.6. The van der Waals surface area contributed by atoms with E-state index in [-0.39, 0.29) is 12.3 Å². The molecule has 2 heterocycles. The van der Waals surface area contributed by atoms with Gasteiger partial charge in [0.1, 0.15) is 5.76 Å². The Kier molecular flexibility index (Phi) is 7.46. The molecule has 2 N–H and O–H groups in total. The predicted molar refractivity (Wildman–Crippen MR) is 118 cm³/mol. The zero-order valence-corrected chi connectivity index (χ0v) is 18.8. The largest absolute Gasteiger partial charge is 0.481 e. The lowest BCUT2D eigenvalue weighted by atomic mass is 10.0. The van der Waals surface area contributed by atoms with E-state index in [0.717, 1.165) is 66.6 Å². The second-order valence-corrected chi connectivity index (χ2v) is 8.43. The van der Waals surface area contributed by atoms with Gasteiger partial charge in [0.15, 0.2) is 0 Å². The van der Waals surface area contributed by atoms with Crippen LogP contribution in [-0.4, -0.2) is 64.7 Å². The van der Waals surface area contributed by atoms with Crippen LogP contribution in [0.5, 0.6) is 0 Å². The van der Waals surface area contributed by atoms with Gasteiger partial charge < -0.3 is 14.9 Å². The van der Waals surface area contributed by atoms with E-state index in [4.69, 9.17) is 4.52 Å². The second-order valence-electron chi connectivity index (χ2n) is 8.43. The third-order valence-corrected chi connectivity index (χ3v) is 6.03. The minimum atomic E-state index is -0.935. The summed E-state index contributed by atoms with van der Waals surface area (Å²) in [6.45, 7) is 12.1. The maximum absolute atomic E-state index is 12.6. The molecular formula is C23H32N4O4. The number of hydrogen-bond acceptors (Lipinski definition) is 6. The van der Waals surface area contributed by atoms with E-state index in [2.05, 4.69) is 20.3 Å². The summed E-state index contributed by atoms with van der Waals surface area (Å²) in [7, 11) is 0. The van der Waals surface area contributed by atoms with Crippen LogP contribution < -0.4 is 5.32 Å². The van der Waals surface area contributed by atoms with Gasteiger partial charge in [-0.05, 0) is 38.8 Å². The van der Waals surface area contributed by atoms with Crippen LogP contribution in [0.4, 0.5) is 5.69 Å². The highest BCUT2D eigenvalue weighted by molar-refractivity contribution is 5.94. The van der Waals surface area contributed by atoms with Gasteiger partial charge in [-0.3, -0.25) is 19.4 Å². The number of carboxylic acids is 1. The molecule has 0 unspecified atom stereocenters. The molecule has 1 aliphatic heterocycles. The van der Waals surface area contributed by atoms with Gasteiger partial charge in [-0.1, -0.05) is 23.4 Å². The Hall–Kier alpha value is -2.71. The van der Waals surface area contributed by atoms with Crippen LogP contribution in [0.2, 0.25) is 0 Å². The van der Waals surface area contributed by atoms with E-state index in [1.165, 1.54) is 0 Å². The quantitative estimate of drug-likeness (QED) is 0.667. The molecule has 0 spiro atoms. The molecular weight excluding hydrogens is 396 g/mol. The number of para-hydroxylation sites is 1. The molecule has 168 valence electrons. The average molecular weight is 429 g/mol. The molecule has 31 heavy (non-hydrogen) atoms. The Morgan fingerprint density at radius 3 is 2.26 bits per heavy atom. The van der Waals surface area contributed by atoms with E-state index in [9.17, 15) is 14.7 Å². The van der Waals surface area contributed by atoms with Crippen LogP contribution in [0.3, 0.4) is 0 Å². The zero-order valence-electron chi connectivity index (χ0n) is 18.8. The molecule has 1 aromatic carbocycles. The van der Waals surface area contributed by atoms with Crippen molar-refractivity contribution in [2.24, 2.45) is 5.92 Å². The molecule has 0 radical (unpaired) electrons. The number of carboxylic acid groups (broad SMARTS) is 1. The number of aromatic nitrogens is 1. The van der Waals surface area contributed by atoms with Gasteiger partial charge in [-0.2, -0.15) is 0 Å². The molecule has 8 nitrogen and oxygen atoms in total. The van der Waals surface area contributed by atoms with Gasteiger partial charge in [0.2, 0.25) is 5.91 Å². The number of aliphatic carboxylic acids is 1. The number of benzene rings is 1. The summed E-state index contributed by atoms with van der Waals surface area (Å²) in [5.74, 6) is -1.09. The molecule has 0 bridgehead atoms. The molecule has 0 saturated carbocycles. The van der Waals surface area contributed by atoms with Gasteiger partial charge in [0.05, 0.1) is 11.6 Å². The van der Waals surface area contributed by atoms with Crippen molar-refractivity contribution in [2.45, 2.75) is 40.7 Å². The van der Waals surface area contributed by atoms with Crippen molar-refractivity contribution in [3.63, 3.8) is 0 Å². The number of aryl methyl sites for hydroxylation is 4. The lowest BCUT2D eigenvalue weighted by Crippen LogP contribution is -2.48. The lowest BCUT2D eigenvalue weighted by molar-refractivity contribution is -0.144. The molecule has 1 fully saturated rings. The molecule has 2 aromatic rings. The van der Waals surface area contributed by atoms with E-state index < -0.39 is 11.9 Å². The minimum absolute atomic E-state index is 0.0393. The molecule has 1 atom stereocenters.